The van der Waals surface area contributed by atoms with Crippen LogP contribution in [-0.4, -0.2) is 38.2 Å². The number of aryl methyl sites for hydroxylation is 1. The number of amides is 1. The van der Waals surface area contributed by atoms with Crippen molar-refractivity contribution < 1.29 is 14.3 Å². The third-order valence-electron chi connectivity index (χ3n) is 4.72. The van der Waals surface area contributed by atoms with E-state index in [2.05, 4.69) is 15.1 Å². The van der Waals surface area contributed by atoms with Crippen molar-refractivity contribution in [2.75, 3.05) is 11.5 Å². The fourth-order valence-electron chi connectivity index (χ4n) is 3.02. The molecule has 168 valence electrons. The average molecular weight is 482 g/mol. The summed E-state index contributed by atoms with van der Waals surface area (Å²) in [6.45, 7) is 0.264. The molecule has 0 aliphatic carbocycles. The summed E-state index contributed by atoms with van der Waals surface area (Å²) in [5.74, 6) is -0.843. The highest BCUT2D eigenvalue weighted by Gasteiger charge is 2.21. The Kier molecular flexibility index (Phi) is 7.43. The Bertz CT molecular complexity index is 1200. The number of esters is 1. The Morgan fingerprint density at radius 2 is 1.88 bits per heavy atom. The van der Waals surface area contributed by atoms with Gasteiger partial charge in [0.05, 0.1) is 25.2 Å². The van der Waals surface area contributed by atoms with Gasteiger partial charge in [-0.1, -0.05) is 54.1 Å². The van der Waals surface area contributed by atoms with E-state index in [1.54, 1.807) is 12.1 Å². The highest BCUT2D eigenvalue weighted by Crippen LogP contribution is 2.29. The van der Waals surface area contributed by atoms with E-state index in [1.165, 1.54) is 33.6 Å². The molecule has 0 aliphatic heterocycles. The average Bonchev–Trinajstić information content (AvgIpc) is 3.53. The molecule has 33 heavy (non-hydrogen) atoms. The van der Waals surface area contributed by atoms with Crippen molar-refractivity contribution in [3.8, 4) is 11.3 Å². The molecule has 0 unspecified atom stereocenters. The second-order valence-corrected chi connectivity index (χ2v) is 8.33. The number of nitrogens with zero attached hydrogens (tertiary/aromatic N) is 5. The molecule has 8 nitrogen and oxygen atoms in total. The first kappa shape index (κ1) is 22.6. The van der Waals surface area contributed by atoms with Gasteiger partial charge in [-0.25, -0.2) is 9.97 Å². The van der Waals surface area contributed by atoms with Crippen molar-refractivity contribution in [3.05, 3.63) is 83.2 Å². The summed E-state index contributed by atoms with van der Waals surface area (Å²) in [5, 5.41) is 6.98. The number of ether oxygens (including phenoxy) is 1. The predicted molar refractivity (Wildman–Crippen MR) is 126 cm³/mol. The number of anilines is 1. The zero-order valence-electron chi connectivity index (χ0n) is 17.5. The molecule has 2 aromatic carbocycles. The minimum atomic E-state index is -0.487. The molecule has 4 rings (SSSR count). The molecule has 0 radical (unpaired) electrons. The standard InChI is InChI=1S/C23H20ClN5O3S/c24-19-8-6-18(7-9-19)20-14-33-23(27-20)29(12-17-4-2-1-3-5-17)21(30)13-32-22(31)10-11-28-16-25-15-26-28/h1-9,14-16H,10-13H2. The third-order valence-corrected chi connectivity index (χ3v) is 5.83. The van der Waals surface area contributed by atoms with Gasteiger partial charge in [-0.15, -0.1) is 11.3 Å². The molecule has 1 amide bonds. The monoisotopic (exact) mass is 481 g/mol. The molecule has 0 aliphatic rings. The van der Waals surface area contributed by atoms with Crippen LogP contribution in [0.15, 0.2) is 72.6 Å². The molecule has 0 N–H and O–H groups in total. The van der Waals surface area contributed by atoms with E-state index in [9.17, 15) is 9.59 Å². The molecule has 2 aromatic heterocycles. The maximum Gasteiger partial charge on any atom is 0.308 e. The van der Waals surface area contributed by atoms with Gasteiger partial charge in [0.2, 0.25) is 0 Å². The van der Waals surface area contributed by atoms with Gasteiger partial charge in [-0.2, -0.15) is 5.10 Å². The second kappa shape index (κ2) is 10.8. The van der Waals surface area contributed by atoms with Crippen molar-refractivity contribution >= 4 is 39.9 Å². The highest BCUT2D eigenvalue weighted by molar-refractivity contribution is 7.14. The fraction of sp³-hybridized carbons (Fsp3) is 0.174. The number of carbonyl (C=O) groups is 2. The number of halogens is 1. The fourth-order valence-corrected chi connectivity index (χ4v) is 3.99. The minimum Gasteiger partial charge on any atom is -0.455 e. The van der Waals surface area contributed by atoms with Crippen molar-refractivity contribution in [2.24, 2.45) is 0 Å². The Hall–Kier alpha value is -3.56. The summed E-state index contributed by atoms with van der Waals surface area (Å²) < 4.78 is 6.74. The number of thiazole rings is 1. The summed E-state index contributed by atoms with van der Waals surface area (Å²) in [7, 11) is 0. The molecular formula is C23H20ClN5O3S. The van der Waals surface area contributed by atoms with Crippen molar-refractivity contribution in [3.63, 3.8) is 0 Å². The summed E-state index contributed by atoms with van der Waals surface area (Å²) in [6, 6.07) is 16.9. The number of aromatic nitrogens is 4. The third kappa shape index (κ3) is 6.24. The predicted octanol–water partition coefficient (Wildman–Crippen LogP) is 4.22. The largest absolute Gasteiger partial charge is 0.455 e. The van der Waals surface area contributed by atoms with Gasteiger partial charge < -0.3 is 4.74 Å². The first-order valence-electron chi connectivity index (χ1n) is 10.1. The Labute approximate surface area is 199 Å². The van der Waals surface area contributed by atoms with Crippen molar-refractivity contribution in [2.45, 2.75) is 19.5 Å². The van der Waals surface area contributed by atoms with E-state index >= 15 is 0 Å². The summed E-state index contributed by atoms with van der Waals surface area (Å²) in [5.41, 5.74) is 2.57. The topological polar surface area (TPSA) is 90.2 Å². The van der Waals surface area contributed by atoms with E-state index in [0.29, 0.717) is 23.2 Å². The molecule has 0 atom stereocenters. The summed E-state index contributed by atoms with van der Waals surface area (Å²) >= 11 is 7.33. The molecule has 0 saturated heterocycles. The van der Waals surface area contributed by atoms with Crippen LogP contribution >= 0.6 is 22.9 Å². The molecule has 0 fully saturated rings. The Balaban J connectivity index is 1.45. The number of hydrogen-bond acceptors (Lipinski definition) is 7. The van der Waals surface area contributed by atoms with Gasteiger partial charge in [0.15, 0.2) is 11.7 Å². The van der Waals surface area contributed by atoms with Crippen LogP contribution in [0.25, 0.3) is 11.3 Å². The molecule has 0 bridgehead atoms. The maximum absolute atomic E-state index is 13.0. The van der Waals surface area contributed by atoms with E-state index in [4.69, 9.17) is 16.3 Å². The normalized spacial score (nSPS) is 10.7. The van der Waals surface area contributed by atoms with Crippen LogP contribution in [0.5, 0.6) is 0 Å². The number of benzene rings is 2. The maximum atomic E-state index is 13.0. The van der Waals surface area contributed by atoms with Crippen LogP contribution in [0, 0.1) is 0 Å². The van der Waals surface area contributed by atoms with Crippen LogP contribution in [0.3, 0.4) is 0 Å². The first-order valence-corrected chi connectivity index (χ1v) is 11.4. The zero-order chi connectivity index (χ0) is 23.0. The van der Waals surface area contributed by atoms with Gasteiger partial charge in [0.25, 0.3) is 5.91 Å². The molecule has 0 spiro atoms. The lowest BCUT2D eigenvalue weighted by atomic mass is 10.2. The lowest BCUT2D eigenvalue weighted by Crippen LogP contribution is -2.34. The van der Waals surface area contributed by atoms with Crippen molar-refractivity contribution in [1.82, 2.24) is 19.7 Å². The number of rotatable bonds is 9. The zero-order valence-corrected chi connectivity index (χ0v) is 19.1. The number of carbonyl (C=O) groups excluding carboxylic acids is 2. The smallest absolute Gasteiger partial charge is 0.308 e. The van der Waals surface area contributed by atoms with Crippen LogP contribution in [-0.2, 0) is 27.4 Å². The van der Waals surface area contributed by atoms with Gasteiger partial charge in [-0.3, -0.25) is 19.2 Å². The minimum absolute atomic E-state index is 0.0906. The SMILES string of the molecule is O=C(CCn1cncn1)OCC(=O)N(Cc1ccccc1)c1nc(-c2ccc(Cl)cc2)cs1. The van der Waals surface area contributed by atoms with Gasteiger partial charge in [-0.05, 0) is 17.7 Å². The molecule has 2 heterocycles. The molecule has 0 saturated carbocycles. The van der Waals surface area contributed by atoms with E-state index in [0.717, 1.165) is 16.8 Å². The van der Waals surface area contributed by atoms with Crippen molar-refractivity contribution in [1.29, 1.82) is 0 Å². The van der Waals surface area contributed by atoms with E-state index < -0.39 is 5.97 Å². The van der Waals surface area contributed by atoms with Gasteiger partial charge in [0.1, 0.15) is 12.7 Å². The van der Waals surface area contributed by atoms with E-state index in [1.807, 2.05) is 47.8 Å². The quantitative estimate of drug-likeness (QED) is 0.332. The van der Waals surface area contributed by atoms with E-state index in [-0.39, 0.29) is 18.9 Å². The highest BCUT2D eigenvalue weighted by atomic mass is 35.5. The Morgan fingerprint density at radius 3 is 2.61 bits per heavy atom. The van der Waals surface area contributed by atoms with Crippen LogP contribution in [0.2, 0.25) is 5.02 Å². The molecule has 10 heteroatoms. The van der Waals surface area contributed by atoms with Gasteiger partial charge in [0, 0.05) is 16.0 Å². The second-order valence-electron chi connectivity index (χ2n) is 7.06. The lowest BCUT2D eigenvalue weighted by molar-refractivity contribution is -0.148. The summed E-state index contributed by atoms with van der Waals surface area (Å²) in [6.07, 6.45) is 3.00. The van der Waals surface area contributed by atoms with Crippen LogP contribution in [0.1, 0.15) is 12.0 Å². The Morgan fingerprint density at radius 1 is 1.09 bits per heavy atom. The molecule has 4 aromatic rings. The van der Waals surface area contributed by atoms with Crippen LogP contribution < -0.4 is 4.90 Å². The lowest BCUT2D eigenvalue weighted by Gasteiger charge is -2.20. The molecular weight excluding hydrogens is 462 g/mol. The van der Waals surface area contributed by atoms with Crippen LogP contribution in [0.4, 0.5) is 5.13 Å². The summed E-state index contributed by atoms with van der Waals surface area (Å²) in [4.78, 5) is 35.1. The van der Waals surface area contributed by atoms with Gasteiger partial charge >= 0.3 is 5.97 Å². The first-order chi connectivity index (χ1) is 16.1. The number of hydrogen-bond donors (Lipinski definition) is 0.